The Morgan fingerprint density at radius 3 is 2.19 bits per heavy atom. The van der Waals surface area contributed by atoms with Crippen molar-refractivity contribution < 1.29 is 23.7 Å². The number of hydrogen-bond donors (Lipinski definition) is 2. The predicted molar refractivity (Wildman–Crippen MR) is 143 cm³/mol. The van der Waals surface area contributed by atoms with Crippen LogP contribution in [0.4, 0.5) is 5.69 Å². The van der Waals surface area contributed by atoms with E-state index in [0.717, 1.165) is 27.7 Å². The molecule has 0 radical (unpaired) electrons. The Hall–Kier alpha value is -4.65. The summed E-state index contributed by atoms with van der Waals surface area (Å²) in [5.74, 6) is 2.26. The minimum Gasteiger partial charge on any atom is -0.495 e. The van der Waals surface area contributed by atoms with Crippen LogP contribution >= 0.6 is 0 Å². The van der Waals surface area contributed by atoms with Crippen molar-refractivity contribution in [3.8, 4) is 23.0 Å². The molecule has 0 aliphatic rings. The topological polar surface area (TPSA) is 81.8 Å². The molecular weight excluding hydrogens is 456 g/mol. The molecule has 1 heterocycles. The van der Waals surface area contributed by atoms with Gasteiger partial charge in [0.15, 0.2) is 17.3 Å². The van der Waals surface area contributed by atoms with Crippen LogP contribution in [0.2, 0.25) is 0 Å². The van der Waals surface area contributed by atoms with Crippen LogP contribution in [0.5, 0.6) is 23.0 Å². The number of carbonyl (C=O) groups excluding carboxylic acids is 1. The Balaban J connectivity index is 1.53. The number of anilines is 1. The van der Waals surface area contributed by atoms with Crippen molar-refractivity contribution in [1.82, 2.24) is 4.98 Å². The van der Waals surface area contributed by atoms with Crippen molar-refractivity contribution in [2.75, 3.05) is 33.8 Å². The van der Waals surface area contributed by atoms with Gasteiger partial charge in [-0.25, -0.2) is 0 Å². The second-order valence-corrected chi connectivity index (χ2v) is 7.84. The smallest absolute Gasteiger partial charge is 0.203 e. The van der Waals surface area contributed by atoms with Gasteiger partial charge in [-0.2, -0.15) is 0 Å². The summed E-state index contributed by atoms with van der Waals surface area (Å²) in [5, 5.41) is 4.06. The lowest BCUT2D eigenvalue weighted by Crippen LogP contribution is -1.97. The molecule has 3 aromatic carbocycles. The lowest BCUT2D eigenvalue weighted by molar-refractivity contribution is 0.104. The van der Waals surface area contributed by atoms with Gasteiger partial charge in [-0.1, -0.05) is 36.4 Å². The number of ketones is 1. The van der Waals surface area contributed by atoms with E-state index in [-0.39, 0.29) is 5.78 Å². The number of carbonyl (C=O) groups is 1. The van der Waals surface area contributed by atoms with E-state index < -0.39 is 0 Å². The highest BCUT2D eigenvalue weighted by molar-refractivity contribution is 6.13. The molecule has 4 rings (SSSR count). The van der Waals surface area contributed by atoms with Crippen LogP contribution in [0, 0.1) is 0 Å². The summed E-state index contributed by atoms with van der Waals surface area (Å²) >= 11 is 0. The van der Waals surface area contributed by atoms with Gasteiger partial charge in [0.25, 0.3) is 0 Å². The molecule has 0 unspecified atom stereocenters. The van der Waals surface area contributed by atoms with Gasteiger partial charge < -0.3 is 29.2 Å². The number of H-pyrrole nitrogens is 1. The summed E-state index contributed by atoms with van der Waals surface area (Å²) in [6, 6.07) is 17.2. The van der Waals surface area contributed by atoms with Crippen molar-refractivity contribution in [3.63, 3.8) is 0 Å². The Morgan fingerprint density at radius 1 is 0.806 bits per heavy atom. The van der Waals surface area contributed by atoms with Crippen LogP contribution in [0.25, 0.3) is 23.1 Å². The van der Waals surface area contributed by atoms with Crippen molar-refractivity contribution in [2.24, 2.45) is 0 Å². The number of para-hydroxylation sites is 1. The quantitative estimate of drug-likeness (QED) is 0.159. The Bertz CT molecular complexity index is 1410. The molecule has 7 heteroatoms. The number of hydrogen-bond acceptors (Lipinski definition) is 6. The third-order valence-corrected chi connectivity index (χ3v) is 5.71. The molecule has 0 spiro atoms. The molecule has 0 fully saturated rings. The molecule has 0 atom stereocenters. The van der Waals surface area contributed by atoms with Gasteiger partial charge in [-0.15, -0.1) is 0 Å². The summed E-state index contributed by atoms with van der Waals surface area (Å²) in [6.07, 6.45) is 8.77. The molecular formula is C29H28N2O5. The molecule has 36 heavy (non-hydrogen) atoms. The molecule has 4 aromatic rings. The van der Waals surface area contributed by atoms with E-state index >= 15 is 0 Å². The third kappa shape index (κ3) is 5.20. The Labute approximate surface area is 210 Å². The summed E-state index contributed by atoms with van der Waals surface area (Å²) in [7, 11) is 6.35. The van der Waals surface area contributed by atoms with Crippen LogP contribution in [-0.2, 0) is 0 Å². The van der Waals surface area contributed by atoms with Gasteiger partial charge in [0.05, 0.1) is 34.1 Å². The molecule has 0 saturated heterocycles. The van der Waals surface area contributed by atoms with Gasteiger partial charge in [-0.3, -0.25) is 4.79 Å². The zero-order chi connectivity index (χ0) is 25.5. The molecule has 0 aliphatic carbocycles. The maximum absolute atomic E-state index is 12.7. The molecule has 7 nitrogen and oxygen atoms in total. The van der Waals surface area contributed by atoms with Gasteiger partial charge in [0.2, 0.25) is 5.75 Å². The molecule has 0 saturated carbocycles. The maximum Gasteiger partial charge on any atom is 0.203 e. The van der Waals surface area contributed by atoms with Crippen LogP contribution < -0.4 is 24.3 Å². The largest absolute Gasteiger partial charge is 0.495 e. The number of aromatic amines is 1. The number of fused-ring (bicyclic) bond motifs is 1. The second kappa shape index (κ2) is 11.2. The van der Waals surface area contributed by atoms with E-state index in [1.165, 1.54) is 6.08 Å². The van der Waals surface area contributed by atoms with E-state index in [4.69, 9.17) is 18.9 Å². The number of methoxy groups -OCH3 is 4. The molecule has 1 aromatic heterocycles. The van der Waals surface area contributed by atoms with Crippen molar-refractivity contribution in [1.29, 1.82) is 0 Å². The van der Waals surface area contributed by atoms with Crippen molar-refractivity contribution in [3.05, 3.63) is 89.8 Å². The van der Waals surface area contributed by atoms with Crippen LogP contribution in [0.1, 0.15) is 21.5 Å². The van der Waals surface area contributed by atoms with E-state index in [1.54, 1.807) is 40.8 Å². The number of benzene rings is 3. The summed E-state index contributed by atoms with van der Waals surface area (Å²) in [6.45, 7) is 0. The Kier molecular flexibility index (Phi) is 7.60. The number of nitrogens with one attached hydrogen (secondary N) is 2. The molecule has 2 N–H and O–H groups in total. The molecule has 0 aliphatic heterocycles. The third-order valence-electron chi connectivity index (χ3n) is 5.71. The fourth-order valence-corrected chi connectivity index (χ4v) is 3.90. The monoisotopic (exact) mass is 484 g/mol. The second-order valence-electron chi connectivity index (χ2n) is 7.84. The van der Waals surface area contributed by atoms with E-state index in [9.17, 15) is 4.79 Å². The fourth-order valence-electron chi connectivity index (χ4n) is 3.90. The fraction of sp³-hybridized carbons (Fsp3) is 0.138. The van der Waals surface area contributed by atoms with Crippen LogP contribution in [0.15, 0.2) is 73.1 Å². The summed E-state index contributed by atoms with van der Waals surface area (Å²) < 4.78 is 21.7. The summed E-state index contributed by atoms with van der Waals surface area (Å²) in [5.41, 5.74) is 4.10. The molecule has 184 valence electrons. The van der Waals surface area contributed by atoms with Gasteiger partial charge >= 0.3 is 0 Å². The minimum atomic E-state index is -0.0997. The van der Waals surface area contributed by atoms with Crippen LogP contribution in [0.3, 0.4) is 0 Å². The highest BCUT2D eigenvalue weighted by Crippen LogP contribution is 2.38. The number of rotatable bonds is 10. The molecule has 0 amide bonds. The first-order valence-electron chi connectivity index (χ1n) is 11.3. The van der Waals surface area contributed by atoms with E-state index in [2.05, 4.69) is 10.3 Å². The molecule has 0 bridgehead atoms. The van der Waals surface area contributed by atoms with Crippen LogP contribution in [-0.4, -0.2) is 39.2 Å². The van der Waals surface area contributed by atoms with Crippen molar-refractivity contribution in [2.45, 2.75) is 0 Å². The predicted octanol–water partition coefficient (Wildman–Crippen LogP) is 6.18. The first kappa shape index (κ1) is 24.5. The van der Waals surface area contributed by atoms with Gasteiger partial charge in [-0.05, 0) is 41.5 Å². The normalized spacial score (nSPS) is 11.2. The lowest BCUT2D eigenvalue weighted by atomic mass is 10.1. The number of allylic oxidation sites excluding steroid dienone is 1. The first-order chi connectivity index (χ1) is 17.6. The van der Waals surface area contributed by atoms with Gasteiger partial charge in [0.1, 0.15) is 5.75 Å². The maximum atomic E-state index is 12.7. The average Bonchev–Trinajstić information content (AvgIpc) is 3.35. The highest BCUT2D eigenvalue weighted by Gasteiger charge is 2.12. The van der Waals surface area contributed by atoms with E-state index in [0.29, 0.717) is 28.6 Å². The highest BCUT2D eigenvalue weighted by atomic mass is 16.5. The minimum absolute atomic E-state index is 0.0997. The first-order valence-corrected chi connectivity index (χ1v) is 11.3. The zero-order valence-corrected chi connectivity index (χ0v) is 20.6. The number of aromatic nitrogens is 1. The zero-order valence-electron chi connectivity index (χ0n) is 20.6. The summed E-state index contributed by atoms with van der Waals surface area (Å²) in [4.78, 5) is 15.8. The number of ether oxygens (including phenoxy) is 4. The standard InChI is InChI=1S/C29H28N2O5/c1-33-26-12-11-19(9-10-20-16-27(34-2)29(36-4)28(17-20)35-3)15-24(26)30-14-13-25(32)22-18-31-23-8-6-5-7-21(22)23/h5-18,30-31H,1-4H3/b10-9+,14-13-. The lowest BCUT2D eigenvalue weighted by Gasteiger charge is -2.13. The van der Waals surface area contributed by atoms with E-state index in [1.807, 2.05) is 66.7 Å². The van der Waals surface area contributed by atoms with Crippen molar-refractivity contribution >= 4 is 34.5 Å². The van der Waals surface area contributed by atoms with Gasteiger partial charge in [0, 0.05) is 34.9 Å². The SMILES string of the molecule is COc1ccc(/C=C/c2cc(OC)c(OC)c(OC)c2)cc1N/C=C\C(=O)c1c[nH]c2ccccc12. The average molecular weight is 485 g/mol. The Morgan fingerprint density at radius 2 is 1.50 bits per heavy atom.